The molecular formula is C11H12N2S. The Morgan fingerprint density at radius 1 is 1.36 bits per heavy atom. The van der Waals surface area contributed by atoms with Crippen molar-refractivity contribution in [3.05, 3.63) is 35.1 Å². The van der Waals surface area contributed by atoms with Gasteiger partial charge in [0, 0.05) is 6.20 Å². The second-order valence-corrected chi connectivity index (χ2v) is 4.03. The SMILES string of the molecule is CCc1ccsc1-c1ccnc(C)n1. The van der Waals surface area contributed by atoms with Gasteiger partial charge in [0.05, 0.1) is 10.6 Å². The summed E-state index contributed by atoms with van der Waals surface area (Å²) in [6.07, 6.45) is 2.87. The molecule has 0 N–H and O–H groups in total. The van der Waals surface area contributed by atoms with Gasteiger partial charge in [0.2, 0.25) is 0 Å². The number of nitrogens with zero attached hydrogens (tertiary/aromatic N) is 2. The number of hydrogen-bond acceptors (Lipinski definition) is 3. The molecule has 0 aliphatic carbocycles. The lowest BCUT2D eigenvalue weighted by molar-refractivity contribution is 1.05. The van der Waals surface area contributed by atoms with Crippen molar-refractivity contribution >= 4 is 11.3 Å². The summed E-state index contributed by atoms with van der Waals surface area (Å²) >= 11 is 1.75. The van der Waals surface area contributed by atoms with Gasteiger partial charge in [0.15, 0.2) is 0 Å². The molecule has 0 aliphatic heterocycles. The van der Waals surface area contributed by atoms with Crippen molar-refractivity contribution in [2.24, 2.45) is 0 Å². The highest BCUT2D eigenvalue weighted by molar-refractivity contribution is 7.13. The Morgan fingerprint density at radius 3 is 2.93 bits per heavy atom. The van der Waals surface area contributed by atoms with Gasteiger partial charge in [-0.15, -0.1) is 11.3 Å². The van der Waals surface area contributed by atoms with Crippen LogP contribution in [0, 0.1) is 6.92 Å². The van der Waals surface area contributed by atoms with E-state index in [9.17, 15) is 0 Å². The Bertz CT molecular complexity index is 434. The fourth-order valence-electron chi connectivity index (χ4n) is 1.42. The molecule has 0 saturated carbocycles. The molecule has 0 saturated heterocycles. The molecule has 2 rings (SSSR count). The van der Waals surface area contributed by atoms with Gasteiger partial charge in [-0.25, -0.2) is 9.97 Å². The van der Waals surface area contributed by atoms with Gasteiger partial charge >= 0.3 is 0 Å². The number of rotatable bonds is 2. The summed E-state index contributed by atoms with van der Waals surface area (Å²) in [5, 5.41) is 2.12. The van der Waals surface area contributed by atoms with E-state index in [1.54, 1.807) is 11.3 Å². The summed E-state index contributed by atoms with van der Waals surface area (Å²) in [6, 6.07) is 4.13. The summed E-state index contributed by atoms with van der Waals surface area (Å²) < 4.78 is 0. The Labute approximate surface area is 87.7 Å². The summed E-state index contributed by atoms with van der Waals surface area (Å²) in [4.78, 5) is 9.80. The van der Waals surface area contributed by atoms with Crippen LogP contribution in [0.2, 0.25) is 0 Å². The molecule has 0 aliphatic rings. The first kappa shape index (κ1) is 9.34. The Hall–Kier alpha value is -1.22. The van der Waals surface area contributed by atoms with Gasteiger partial charge in [0.1, 0.15) is 5.82 Å². The average Bonchev–Trinajstić information content (AvgIpc) is 2.65. The molecule has 2 nitrogen and oxygen atoms in total. The van der Waals surface area contributed by atoms with Crippen LogP contribution in [0.3, 0.4) is 0 Å². The van der Waals surface area contributed by atoms with Crippen molar-refractivity contribution in [2.45, 2.75) is 20.3 Å². The smallest absolute Gasteiger partial charge is 0.125 e. The second kappa shape index (κ2) is 3.88. The van der Waals surface area contributed by atoms with E-state index in [1.165, 1.54) is 10.4 Å². The molecule has 0 spiro atoms. The molecule has 0 unspecified atom stereocenters. The zero-order valence-corrected chi connectivity index (χ0v) is 9.14. The third-order valence-electron chi connectivity index (χ3n) is 2.14. The first-order valence-electron chi connectivity index (χ1n) is 4.67. The molecule has 0 amide bonds. The van der Waals surface area contributed by atoms with E-state index >= 15 is 0 Å². The Kier molecular flexibility index (Phi) is 2.59. The van der Waals surface area contributed by atoms with Crippen molar-refractivity contribution in [3.8, 4) is 10.6 Å². The molecule has 14 heavy (non-hydrogen) atoms. The van der Waals surface area contributed by atoms with Gasteiger partial charge in [0.25, 0.3) is 0 Å². The molecule has 72 valence electrons. The van der Waals surface area contributed by atoms with Crippen LogP contribution in [-0.2, 0) is 6.42 Å². The van der Waals surface area contributed by atoms with Crippen LogP contribution in [0.4, 0.5) is 0 Å². The fourth-order valence-corrected chi connectivity index (χ4v) is 2.39. The van der Waals surface area contributed by atoms with E-state index in [-0.39, 0.29) is 0 Å². The number of aromatic nitrogens is 2. The second-order valence-electron chi connectivity index (χ2n) is 3.12. The lowest BCUT2D eigenvalue weighted by Crippen LogP contribution is -1.90. The highest BCUT2D eigenvalue weighted by atomic mass is 32.1. The average molecular weight is 204 g/mol. The van der Waals surface area contributed by atoms with Crippen molar-refractivity contribution in [3.63, 3.8) is 0 Å². The Morgan fingerprint density at radius 2 is 2.21 bits per heavy atom. The van der Waals surface area contributed by atoms with Crippen LogP contribution in [0.1, 0.15) is 18.3 Å². The quantitative estimate of drug-likeness (QED) is 0.751. The van der Waals surface area contributed by atoms with Gasteiger partial charge < -0.3 is 0 Å². The minimum Gasteiger partial charge on any atom is -0.242 e. The Balaban J connectivity index is 2.49. The van der Waals surface area contributed by atoms with E-state index in [0.717, 1.165) is 17.9 Å². The normalized spacial score (nSPS) is 10.4. The van der Waals surface area contributed by atoms with E-state index in [4.69, 9.17) is 0 Å². The molecule has 2 aromatic rings. The van der Waals surface area contributed by atoms with Gasteiger partial charge in [-0.05, 0) is 36.4 Å². The highest BCUT2D eigenvalue weighted by Crippen LogP contribution is 2.27. The van der Waals surface area contributed by atoms with Crippen molar-refractivity contribution < 1.29 is 0 Å². The maximum absolute atomic E-state index is 4.42. The summed E-state index contributed by atoms with van der Waals surface area (Å²) in [5.41, 5.74) is 2.41. The van der Waals surface area contributed by atoms with E-state index in [1.807, 2.05) is 19.2 Å². The standard InChI is InChI=1S/C11H12N2S/c1-3-9-5-7-14-11(9)10-4-6-12-8(2)13-10/h4-7H,3H2,1-2H3. The molecule has 0 bridgehead atoms. The van der Waals surface area contributed by atoms with E-state index < -0.39 is 0 Å². The molecule has 3 heteroatoms. The summed E-state index contributed by atoms with van der Waals surface area (Å²) in [7, 11) is 0. The molecular weight excluding hydrogens is 192 g/mol. The number of aryl methyl sites for hydroxylation is 2. The maximum Gasteiger partial charge on any atom is 0.125 e. The van der Waals surface area contributed by atoms with Crippen LogP contribution in [-0.4, -0.2) is 9.97 Å². The minimum absolute atomic E-state index is 0.831. The van der Waals surface area contributed by atoms with Crippen molar-refractivity contribution in [1.82, 2.24) is 9.97 Å². The summed E-state index contributed by atoms with van der Waals surface area (Å²) in [6.45, 7) is 4.09. The molecule has 0 fully saturated rings. The van der Waals surface area contributed by atoms with Crippen LogP contribution in [0.15, 0.2) is 23.7 Å². The third kappa shape index (κ3) is 1.68. The number of hydrogen-bond donors (Lipinski definition) is 0. The topological polar surface area (TPSA) is 25.8 Å². The molecule has 2 aromatic heterocycles. The number of thiophene rings is 1. The fraction of sp³-hybridized carbons (Fsp3) is 0.273. The van der Waals surface area contributed by atoms with Gasteiger partial charge in [-0.2, -0.15) is 0 Å². The highest BCUT2D eigenvalue weighted by Gasteiger charge is 2.06. The maximum atomic E-state index is 4.42. The first-order valence-corrected chi connectivity index (χ1v) is 5.55. The van der Waals surface area contributed by atoms with Crippen molar-refractivity contribution in [1.29, 1.82) is 0 Å². The first-order chi connectivity index (χ1) is 6.81. The molecule has 2 heterocycles. The van der Waals surface area contributed by atoms with Crippen LogP contribution < -0.4 is 0 Å². The predicted octanol–water partition coefficient (Wildman–Crippen LogP) is 3.08. The zero-order chi connectivity index (χ0) is 9.97. The monoisotopic (exact) mass is 204 g/mol. The predicted molar refractivity (Wildman–Crippen MR) is 59.5 cm³/mol. The molecule has 0 atom stereocenters. The zero-order valence-electron chi connectivity index (χ0n) is 8.32. The lowest BCUT2D eigenvalue weighted by atomic mass is 10.1. The van der Waals surface area contributed by atoms with E-state index in [0.29, 0.717) is 0 Å². The van der Waals surface area contributed by atoms with E-state index in [2.05, 4.69) is 28.3 Å². The minimum atomic E-state index is 0.831. The molecule has 0 aromatic carbocycles. The largest absolute Gasteiger partial charge is 0.242 e. The van der Waals surface area contributed by atoms with Gasteiger partial charge in [-0.3, -0.25) is 0 Å². The molecule has 0 radical (unpaired) electrons. The lowest BCUT2D eigenvalue weighted by Gasteiger charge is -2.00. The van der Waals surface area contributed by atoms with Crippen LogP contribution in [0.25, 0.3) is 10.6 Å². The third-order valence-corrected chi connectivity index (χ3v) is 3.12. The van der Waals surface area contributed by atoms with Gasteiger partial charge in [-0.1, -0.05) is 6.92 Å². The summed E-state index contributed by atoms with van der Waals surface area (Å²) in [5.74, 6) is 0.831. The van der Waals surface area contributed by atoms with Crippen molar-refractivity contribution in [2.75, 3.05) is 0 Å². The van der Waals surface area contributed by atoms with Crippen LogP contribution in [0.5, 0.6) is 0 Å². The van der Waals surface area contributed by atoms with Crippen LogP contribution >= 0.6 is 11.3 Å².